The van der Waals surface area contributed by atoms with E-state index in [2.05, 4.69) is 30.2 Å². The van der Waals surface area contributed by atoms with Crippen molar-refractivity contribution in [3.8, 4) is 16.9 Å². The van der Waals surface area contributed by atoms with Crippen molar-refractivity contribution in [3.05, 3.63) is 45.9 Å². The molecule has 3 heterocycles. The van der Waals surface area contributed by atoms with Crippen LogP contribution in [0.1, 0.15) is 25.9 Å². The average molecular weight is 448 g/mol. The molecule has 1 N–H and O–H groups in total. The summed E-state index contributed by atoms with van der Waals surface area (Å²) in [5.41, 5.74) is 0.748. The first-order chi connectivity index (χ1) is 13.7. The number of hydrogen-bond donors (Lipinski definition) is 1. The number of pyridine rings is 2. The van der Waals surface area contributed by atoms with Crippen LogP contribution in [-0.4, -0.2) is 38.7 Å². The number of carboxylic acid groups (broad SMARTS) is 1. The molecule has 3 rings (SSSR count). The van der Waals surface area contributed by atoms with E-state index in [9.17, 15) is 23.5 Å². The van der Waals surface area contributed by atoms with Gasteiger partial charge in [-0.25, -0.2) is 4.98 Å². The Balaban J connectivity index is 0.00000320. The van der Waals surface area contributed by atoms with Gasteiger partial charge in [0.05, 0.1) is 11.8 Å². The molecule has 30 heavy (non-hydrogen) atoms. The number of carboxylic acids is 1. The number of alkyl halides is 2. The van der Waals surface area contributed by atoms with Gasteiger partial charge in [0.15, 0.2) is 10.8 Å². The molecule has 0 saturated heterocycles. The van der Waals surface area contributed by atoms with Gasteiger partial charge in [0.1, 0.15) is 11.1 Å². The van der Waals surface area contributed by atoms with Crippen molar-refractivity contribution in [2.75, 3.05) is 5.32 Å². The summed E-state index contributed by atoms with van der Waals surface area (Å²) in [6, 6.07) is 2.75. The number of nitrogens with one attached hydrogen (secondary N) is 1. The Morgan fingerprint density at radius 2 is 1.93 bits per heavy atom. The van der Waals surface area contributed by atoms with Crippen LogP contribution in [0.25, 0.3) is 11.1 Å². The maximum absolute atomic E-state index is 12.8. The van der Waals surface area contributed by atoms with Crippen LogP contribution in [0.5, 0.6) is 5.75 Å². The molecule has 0 aliphatic rings. The maximum atomic E-state index is 12.8. The molecule has 0 aromatic carbocycles. The molecule has 0 saturated carbocycles. The Kier molecular flexibility index (Phi) is 7.80. The third kappa shape index (κ3) is 5.48. The van der Waals surface area contributed by atoms with Gasteiger partial charge in [-0.15, -0.1) is 10.2 Å². The SMILES string of the molecule is Cc1cc(-c2cc(Cl)ncc2OC(F)F)c(C(=O)Nc2nnc(C(=O)[O-])s2)cn1.[Li+]. The van der Waals surface area contributed by atoms with Crippen LogP contribution in [0, 0.1) is 6.92 Å². The van der Waals surface area contributed by atoms with E-state index in [0.717, 1.165) is 6.20 Å². The van der Waals surface area contributed by atoms with Gasteiger partial charge >= 0.3 is 25.5 Å². The number of carbonyl (C=O) groups excluding carboxylic acids is 2. The number of halogens is 3. The van der Waals surface area contributed by atoms with Crippen molar-refractivity contribution < 1.29 is 47.1 Å². The molecule has 1 amide bonds. The van der Waals surface area contributed by atoms with Crippen LogP contribution in [0.2, 0.25) is 5.15 Å². The number of ether oxygens (including phenoxy) is 1. The van der Waals surface area contributed by atoms with Crippen molar-refractivity contribution in [1.82, 2.24) is 20.2 Å². The number of aryl methyl sites for hydroxylation is 1. The van der Waals surface area contributed by atoms with E-state index in [-0.39, 0.29) is 51.6 Å². The predicted molar refractivity (Wildman–Crippen MR) is 96.0 cm³/mol. The zero-order valence-corrected chi connectivity index (χ0v) is 16.9. The van der Waals surface area contributed by atoms with E-state index in [4.69, 9.17) is 11.6 Å². The van der Waals surface area contributed by atoms with E-state index < -0.39 is 23.5 Å². The van der Waals surface area contributed by atoms with E-state index in [0.29, 0.717) is 17.0 Å². The molecule has 9 nitrogen and oxygen atoms in total. The molecule has 0 radical (unpaired) electrons. The Labute approximate surface area is 188 Å². The Morgan fingerprint density at radius 1 is 1.20 bits per heavy atom. The molecule has 150 valence electrons. The first kappa shape index (κ1) is 23.6. The molecule has 0 unspecified atom stereocenters. The van der Waals surface area contributed by atoms with Crippen molar-refractivity contribution in [1.29, 1.82) is 0 Å². The van der Waals surface area contributed by atoms with Gasteiger partial charge in [-0.1, -0.05) is 22.9 Å². The van der Waals surface area contributed by atoms with Crippen LogP contribution in [0.4, 0.5) is 13.9 Å². The van der Waals surface area contributed by atoms with Gasteiger partial charge in [0.25, 0.3) is 5.91 Å². The number of nitrogens with zero attached hydrogens (tertiary/aromatic N) is 4. The van der Waals surface area contributed by atoms with Crippen molar-refractivity contribution in [3.63, 3.8) is 0 Å². The van der Waals surface area contributed by atoms with E-state index in [1.54, 1.807) is 6.92 Å². The van der Waals surface area contributed by atoms with Crippen LogP contribution >= 0.6 is 22.9 Å². The maximum Gasteiger partial charge on any atom is 1.00 e. The average Bonchev–Trinajstić information content (AvgIpc) is 3.11. The predicted octanol–water partition coefficient (Wildman–Crippen LogP) is -0.822. The standard InChI is InChI=1S/C16H10ClF2N5O4S.Li/c1-6-2-7(8-3-11(17)21-5-10(8)28-15(18)19)9(4-20-6)12(25)22-16-24-23-13(29-16)14(26)27;/h2-5,15H,1H3,(H,26,27)(H,22,24,25);/q;+1/p-1. The fourth-order valence-electron chi connectivity index (χ4n) is 2.30. The van der Waals surface area contributed by atoms with E-state index >= 15 is 0 Å². The number of anilines is 1. The second-order valence-electron chi connectivity index (χ2n) is 5.41. The summed E-state index contributed by atoms with van der Waals surface area (Å²) >= 11 is 6.48. The van der Waals surface area contributed by atoms with Crippen LogP contribution in [-0.2, 0) is 0 Å². The minimum Gasteiger partial charge on any atom is -0.542 e. The summed E-state index contributed by atoms with van der Waals surface area (Å²) in [5.74, 6) is -2.57. The minimum absolute atomic E-state index is 0. The summed E-state index contributed by atoms with van der Waals surface area (Å²) in [7, 11) is 0. The van der Waals surface area contributed by atoms with Crippen LogP contribution < -0.4 is 34.0 Å². The van der Waals surface area contributed by atoms with Crippen LogP contribution in [0.15, 0.2) is 24.5 Å². The largest absolute Gasteiger partial charge is 1.00 e. The Morgan fingerprint density at radius 3 is 2.57 bits per heavy atom. The third-order valence-electron chi connectivity index (χ3n) is 3.45. The molecule has 0 aliphatic carbocycles. The monoisotopic (exact) mass is 447 g/mol. The zero-order chi connectivity index (χ0) is 21.1. The Hall–Kier alpha value is -2.65. The van der Waals surface area contributed by atoms with Gasteiger partial charge in [-0.3, -0.25) is 15.1 Å². The number of aromatic nitrogens is 4. The molecule has 0 atom stereocenters. The van der Waals surface area contributed by atoms with Crippen LogP contribution in [0.3, 0.4) is 0 Å². The van der Waals surface area contributed by atoms with Crippen molar-refractivity contribution >= 4 is 39.9 Å². The fraction of sp³-hybridized carbons (Fsp3) is 0.125. The second-order valence-corrected chi connectivity index (χ2v) is 6.77. The van der Waals surface area contributed by atoms with Gasteiger partial charge in [-0.2, -0.15) is 8.78 Å². The molecule has 0 spiro atoms. The molecule has 3 aromatic rings. The van der Waals surface area contributed by atoms with Crippen molar-refractivity contribution in [2.24, 2.45) is 0 Å². The molecular weight excluding hydrogens is 439 g/mol. The summed E-state index contributed by atoms with van der Waals surface area (Å²) < 4.78 is 30.0. The Bertz CT molecular complexity index is 1100. The normalized spacial score (nSPS) is 10.4. The molecule has 0 fully saturated rings. The summed E-state index contributed by atoms with van der Waals surface area (Å²) in [6.07, 6.45) is 2.24. The number of amides is 1. The fourth-order valence-corrected chi connectivity index (χ4v) is 3.03. The smallest absolute Gasteiger partial charge is 0.542 e. The number of hydrogen-bond acceptors (Lipinski definition) is 9. The van der Waals surface area contributed by atoms with Gasteiger partial charge < -0.3 is 14.6 Å². The van der Waals surface area contributed by atoms with Gasteiger partial charge in [-0.05, 0) is 19.1 Å². The zero-order valence-electron chi connectivity index (χ0n) is 15.4. The van der Waals surface area contributed by atoms with Gasteiger partial charge in [0, 0.05) is 23.0 Å². The summed E-state index contributed by atoms with van der Waals surface area (Å²) in [4.78, 5) is 31.2. The van der Waals surface area contributed by atoms with E-state index in [1.165, 1.54) is 18.3 Å². The second kappa shape index (κ2) is 9.90. The van der Waals surface area contributed by atoms with E-state index in [1.807, 2.05) is 0 Å². The van der Waals surface area contributed by atoms with Crippen molar-refractivity contribution in [2.45, 2.75) is 13.5 Å². The minimum atomic E-state index is -3.12. The summed E-state index contributed by atoms with van der Waals surface area (Å²) in [6.45, 7) is -1.49. The first-order valence-electron chi connectivity index (χ1n) is 7.68. The number of rotatable bonds is 6. The first-order valence-corrected chi connectivity index (χ1v) is 8.87. The molecule has 0 aliphatic heterocycles. The number of carbonyl (C=O) groups is 2. The van der Waals surface area contributed by atoms with Gasteiger partial charge in [0.2, 0.25) is 5.13 Å². The third-order valence-corrected chi connectivity index (χ3v) is 4.47. The molecule has 14 heteroatoms. The molecule has 3 aromatic heterocycles. The number of aromatic carboxylic acids is 1. The molecule has 0 bridgehead atoms. The topological polar surface area (TPSA) is 130 Å². The quantitative estimate of drug-likeness (QED) is 0.383. The molecular formula is C16H9ClF2LiN5O4S. The summed E-state index contributed by atoms with van der Waals surface area (Å²) in [5, 5.41) is 19.5.